The van der Waals surface area contributed by atoms with Gasteiger partial charge in [0.25, 0.3) is 0 Å². The van der Waals surface area contributed by atoms with Gasteiger partial charge in [0.1, 0.15) is 23.9 Å². The number of amides is 3. The van der Waals surface area contributed by atoms with Gasteiger partial charge in [-0.2, -0.15) is 0 Å². The molecule has 1 fully saturated rings. The monoisotopic (exact) mass is 697 g/mol. The van der Waals surface area contributed by atoms with Crippen LogP contribution in [0.2, 0.25) is 0 Å². The number of aliphatic imine (C=N–C) groups is 1. The Bertz CT molecular complexity index is 1430. The number of carbonyl (C=O) groups excluding carboxylic acids is 4. The molecule has 0 spiro atoms. The predicted molar refractivity (Wildman–Crippen MR) is 190 cm³/mol. The molecule has 3 amide bonds. The van der Waals surface area contributed by atoms with Crippen LogP contribution in [0.25, 0.3) is 0 Å². The number of aromatic hydroxyl groups is 1. The number of benzene rings is 2. The third-order valence-corrected chi connectivity index (χ3v) is 9.29. The number of nitrogens with zero attached hydrogens (tertiary/aromatic N) is 2. The molecule has 268 valence electrons. The maximum Gasteiger partial charge on any atom is 0.307 e. The van der Waals surface area contributed by atoms with Crippen molar-refractivity contribution in [3.8, 4) is 5.75 Å². The lowest BCUT2D eigenvalue weighted by molar-refractivity contribution is -0.146. The molecule has 0 heterocycles. The van der Waals surface area contributed by atoms with Crippen molar-refractivity contribution in [2.24, 2.45) is 16.6 Å². The molecule has 0 aromatic heterocycles. The van der Waals surface area contributed by atoms with Crippen molar-refractivity contribution in [2.75, 3.05) is 32.2 Å². The fourth-order valence-electron chi connectivity index (χ4n) is 5.71. The highest BCUT2D eigenvalue weighted by Gasteiger charge is 2.31. The van der Waals surface area contributed by atoms with Gasteiger partial charge in [-0.15, -0.1) is 0 Å². The summed E-state index contributed by atoms with van der Waals surface area (Å²) in [6, 6.07) is 12.4. The van der Waals surface area contributed by atoms with Crippen molar-refractivity contribution >= 4 is 40.3 Å². The number of likely N-dealkylation sites (N-methyl/N-ethyl adjacent to an activating group) is 1. The van der Waals surface area contributed by atoms with Crippen molar-refractivity contribution in [1.29, 1.82) is 0 Å². The Hall–Kier alpha value is -4.26. The normalized spacial score (nSPS) is 16.1. The summed E-state index contributed by atoms with van der Waals surface area (Å²) in [6.07, 6.45) is 7.52. The summed E-state index contributed by atoms with van der Waals surface area (Å²) >= 11 is 0. The minimum Gasteiger partial charge on any atom is -0.508 e. The zero-order chi connectivity index (χ0) is 35.8. The molecule has 4 atom stereocenters. The first-order valence-corrected chi connectivity index (χ1v) is 18.6. The zero-order valence-electron chi connectivity index (χ0n) is 28.8. The largest absolute Gasteiger partial charge is 0.508 e. The number of hydrogen-bond donors (Lipinski definition) is 4. The van der Waals surface area contributed by atoms with Crippen molar-refractivity contribution in [3.63, 3.8) is 0 Å². The second-order valence-electron chi connectivity index (χ2n) is 12.7. The Labute approximate surface area is 291 Å². The third kappa shape index (κ3) is 14.4. The molecule has 2 aromatic carbocycles. The van der Waals surface area contributed by atoms with Gasteiger partial charge in [0.2, 0.25) is 17.7 Å². The number of phenols is 1. The van der Waals surface area contributed by atoms with E-state index >= 15 is 0 Å². The van der Waals surface area contributed by atoms with Gasteiger partial charge >= 0.3 is 5.97 Å². The Kier molecular flexibility index (Phi) is 16.2. The molecular weight excluding hydrogens is 646 g/mol. The van der Waals surface area contributed by atoms with E-state index in [0.717, 1.165) is 31.2 Å². The quantitative estimate of drug-likeness (QED) is 0.104. The van der Waals surface area contributed by atoms with Crippen molar-refractivity contribution in [3.05, 3.63) is 65.7 Å². The highest BCUT2D eigenvalue weighted by Crippen LogP contribution is 2.23. The second kappa shape index (κ2) is 20.3. The third-order valence-electron chi connectivity index (χ3n) is 8.48. The summed E-state index contributed by atoms with van der Waals surface area (Å²) in [5.41, 5.74) is 7.35. The van der Waals surface area contributed by atoms with Gasteiger partial charge < -0.3 is 31.1 Å². The lowest BCUT2D eigenvalue weighted by atomic mass is 9.90. The van der Waals surface area contributed by atoms with E-state index in [1.807, 2.05) is 30.3 Å². The topological polar surface area (TPSA) is 180 Å². The van der Waals surface area contributed by atoms with Crippen LogP contribution < -0.4 is 16.4 Å². The first kappa shape index (κ1) is 39.2. The van der Waals surface area contributed by atoms with Crippen LogP contribution >= 0.6 is 0 Å². The molecule has 0 radical (unpaired) electrons. The first-order valence-electron chi connectivity index (χ1n) is 16.8. The van der Waals surface area contributed by atoms with Gasteiger partial charge in [-0.25, -0.2) is 0 Å². The van der Waals surface area contributed by atoms with Crippen molar-refractivity contribution < 1.29 is 33.2 Å². The van der Waals surface area contributed by atoms with Crippen LogP contribution in [0, 0.1) is 5.92 Å². The predicted octanol–water partition coefficient (Wildman–Crippen LogP) is 2.63. The van der Waals surface area contributed by atoms with E-state index in [1.165, 1.54) is 29.7 Å². The average molecular weight is 698 g/mol. The van der Waals surface area contributed by atoms with Gasteiger partial charge in [0.15, 0.2) is 0 Å². The van der Waals surface area contributed by atoms with E-state index in [4.69, 9.17) is 10.5 Å². The van der Waals surface area contributed by atoms with Crippen LogP contribution in [-0.2, 0) is 47.6 Å². The Morgan fingerprint density at radius 2 is 1.59 bits per heavy atom. The number of amidine groups is 1. The Balaban J connectivity index is 1.72. The molecule has 0 aliphatic heterocycles. The molecular formula is C36H51N5O7S. The molecule has 1 unspecified atom stereocenters. The fourth-order valence-corrected chi connectivity index (χ4v) is 6.28. The number of hydrogen-bond acceptors (Lipinski definition) is 8. The standard InChI is InChI=1S/C36H51N5O7S/c1-25(37)38-31(22-27-14-16-29(42)17-15-27)35(45)39-30(19-21-49(3)47)34(44)40-32(23-26-10-6-4-7-11-26)36(46)41(2)20-18-33(43)48-24-28-12-8-5-9-13-28/h4,6-7,10-11,14-17,28,30-32,42H,5,8-9,12-13,18-24H2,1-3H3,(H2,37,38)(H,39,45)(H,40,44)/t30-,31+,32+,49?/m1/s1. The highest BCUT2D eigenvalue weighted by atomic mass is 32.2. The summed E-state index contributed by atoms with van der Waals surface area (Å²) in [5, 5.41) is 15.2. The molecule has 49 heavy (non-hydrogen) atoms. The molecule has 0 bridgehead atoms. The summed E-state index contributed by atoms with van der Waals surface area (Å²) in [4.78, 5) is 59.3. The molecule has 5 N–H and O–H groups in total. The molecule has 12 nitrogen and oxygen atoms in total. The van der Waals surface area contributed by atoms with Crippen molar-refractivity contribution in [2.45, 2.75) is 82.8 Å². The Morgan fingerprint density at radius 3 is 2.22 bits per heavy atom. The number of rotatable bonds is 18. The molecule has 0 saturated heterocycles. The van der Waals surface area contributed by atoms with Crippen LogP contribution in [-0.4, -0.2) is 94.1 Å². The van der Waals surface area contributed by atoms with E-state index in [0.29, 0.717) is 18.1 Å². The van der Waals surface area contributed by atoms with E-state index in [1.54, 1.807) is 26.1 Å². The maximum atomic E-state index is 13.8. The lowest BCUT2D eigenvalue weighted by Crippen LogP contribution is -2.56. The average Bonchev–Trinajstić information content (AvgIpc) is 3.08. The van der Waals surface area contributed by atoms with E-state index in [-0.39, 0.29) is 55.5 Å². The van der Waals surface area contributed by atoms with Crippen LogP contribution in [0.1, 0.15) is 63.0 Å². The number of carbonyl (C=O) groups is 4. The minimum absolute atomic E-state index is 0.0193. The molecule has 1 aliphatic carbocycles. The molecule has 2 aromatic rings. The van der Waals surface area contributed by atoms with Gasteiger partial charge in [0, 0.05) is 49.2 Å². The second-order valence-corrected chi connectivity index (χ2v) is 14.3. The van der Waals surface area contributed by atoms with Crippen LogP contribution in [0.15, 0.2) is 59.6 Å². The van der Waals surface area contributed by atoms with Crippen molar-refractivity contribution in [1.82, 2.24) is 15.5 Å². The smallest absolute Gasteiger partial charge is 0.307 e. The van der Waals surface area contributed by atoms with Crippen LogP contribution in [0.5, 0.6) is 5.75 Å². The van der Waals surface area contributed by atoms with Crippen LogP contribution in [0.3, 0.4) is 0 Å². The molecule has 1 saturated carbocycles. The molecule has 13 heteroatoms. The number of nitrogens with one attached hydrogen (secondary N) is 2. The summed E-state index contributed by atoms with van der Waals surface area (Å²) in [7, 11) is 0.307. The van der Waals surface area contributed by atoms with Gasteiger partial charge in [-0.05, 0) is 55.4 Å². The molecule has 3 rings (SSSR count). The number of nitrogens with two attached hydrogens (primary N) is 1. The van der Waals surface area contributed by atoms with E-state index in [9.17, 15) is 28.5 Å². The molecule has 1 aliphatic rings. The highest BCUT2D eigenvalue weighted by molar-refractivity contribution is 7.84. The van der Waals surface area contributed by atoms with Crippen LogP contribution in [0.4, 0.5) is 0 Å². The van der Waals surface area contributed by atoms with Gasteiger partial charge in [-0.1, -0.05) is 61.7 Å². The number of phenolic OH excluding ortho intramolecular Hbond substituents is 1. The first-order chi connectivity index (χ1) is 23.4. The number of ether oxygens (including phenoxy) is 1. The summed E-state index contributed by atoms with van der Waals surface area (Å²) in [6.45, 7) is 2.05. The maximum absolute atomic E-state index is 13.8. The number of esters is 1. The lowest BCUT2D eigenvalue weighted by Gasteiger charge is -2.27. The zero-order valence-corrected chi connectivity index (χ0v) is 29.6. The summed E-state index contributed by atoms with van der Waals surface area (Å²) < 4.78 is 17.5. The van der Waals surface area contributed by atoms with E-state index in [2.05, 4.69) is 15.6 Å². The van der Waals surface area contributed by atoms with E-state index < -0.39 is 46.6 Å². The SMILES string of the molecule is CC(N)=N[C@@H](Cc1ccc(O)cc1)C(=O)N[C@H](CCS(C)=O)C(=O)N[C@@H](Cc1ccccc1)C(=O)N(C)CCC(=O)OCC1CCCCC1. The fraction of sp³-hybridized carbons (Fsp3) is 0.528. The van der Waals surface area contributed by atoms with Gasteiger partial charge in [0.05, 0.1) is 18.9 Å². The minimum atomic E-state index is -1.26. The summed E-state index contributed by atoms with van der Waals surface area (Å²) in [5.74, 6) is -1.22. The Morgan fingerprint density at radius 1 is 0.959 bits per heavy atom. The van der Waals surface area contributed by atoms with Gasteiger partial charge in [-0.3, -0.25) is 28.4 Å².